The normalized spacial score (nSPS) is 14.9. The molecule has 9 nitrogen and oxygen atoms in total. The van der Waals surface area contributed by atoms with E-state index < -0.39 is 44.9 Å². The average Bonchev–Trinajstić information content (AvgIpc) is 2.93. The zero-order chi connectivity index (χ0) is 33.6. The van der Waals surface area contributed by atoms with E-state index >= 15 is 0 Å². The van der Waals surface area contributed by atoms with Crippen LogP contribution in [0.4, 0.5) is 0 Å². The first-order valence-electron chi connectivity index (χ1n) is 14.5. The maximum atomic E-state index is 14.0. The molecule has 0 bridgehead atoms. The smallest absolute Gasteiger partial charge is 0.264 e. The van der Waals surface area contributed by atoms with E-state index in [2.05, 4.69) is 15.4 Å². The van der Waals surface area contributed by atoms with Crippen LogP contribution in [0.5, 0.6) is 0 Å². The monoisotopic (exact) mass is 646 g/mol. The van der Waals surface area contributed by atoms with Crippen LogP contribution in [-0.2, 0) is 29.8 Å². The number of hydrogen-bond donors (Lipinski definition) is 3. The number of nitrogens with one attached hydrogen (secondary N) is 3. The molecule has 0 aromatic heterocycles. The Hall–Kier alpha value is -3.21. The van der Waals surface area contributed by atoms with Gasteiger partial charge in [0.05, 0.1) is 17.0 Å². The number of nitrogens with zero attached hydrogens (tertiary/aromatic N) is 1. The van der Waals surface area contributed by atoms with Gasteiger partial charge in [-0.15, -0.1) is 0 Å². The summed E-state index contributed by atoms with van der Waals surface area (Å²) in [5, 5.41) is 6.50. The van der Waals surface area contributed by atoms with Crippen molar-refractivity contribution < 1.29 is 22.8 Å². The van der Waals surface area contributed by atoms with Gasteiger partial charge >= 0.3 is 0 Å². The molecule has 0 aliphatic carbocycles. The van der Waals surface area contributed by atoms with E-state index in [1.807, 2.05) is 78.8 Å². The van der Waals surface area contributed by atoms with Gasteiger partial charge in [-0.3, -0.25) is 14.4 Å². The molecule has 3 atom stereocenters. The van der Waals surface area contributed by atoms with Gasteiger partial charge in [0.25, 0.3) is 15.9 Å². The van der Waals surface area contributed by atoms with Crippen molar-refractivity contribution in [1.82, 2.24) is 20.3 Å². The molecule has 2 aromatic carbocycles. The van der Waals surface area contributed by atoms with Crippen LogP contribution in [0.1, 0.15) is 61.0 Å². The molecule has 44 heavy (non-hydrogen) atoms. The minimum atomic E-state index is -4.14. The molecule has 3 unspecified atom stereocenters. The molecule has 242 valence electrons. The number of halogens is 1. The van der Waals surface area contributed by atoms with Crippen LogP contribution in [0.2, 0.25) is 5.02 Å². The molecule has 0 fully saturated rings. The molecule has 0 aliphatic heterocycles. The minimum absolute atomic E-state index is 0.102. The molecule has 3 N–H and O–H groups in total. The SMILES string of the molecule is CNC(C(=O)NC(C(=O)N(C)C(C=C(C)C(=O)NS(=O)(=O)c1ccc(Cl)cc1)C(C)C)C(C)(C)C)C(C)(C)c1ccccc1. The molecule has 0 radical (unpaired) electrons. The summed E-state index contributed by atoms with van der Waals surface area (Å²) < 4.78 is 27.6. The fourth-order valence-corrected chi connectivity index (χ4v) is 6.18. The highest BCUT2D eigenvalue weighted by molar-refractivity contribution is 7.90. The van der Waals surface area contributed by atoms with Gasteiger partial charge in [-0.2, -0.15) is 0 Å². The van der Waals surface area contributed by atoms with Crippen molar-refractivity contribution in [3.63, 3.8) is 0 Å². The summed E-state index contributed by atoms with van der Waals surface area (Å²) in [6.45, 7) is 14.9. The topological polar surface area (TPSA) is 125 Å². The van der Waals surface area contributed by atoms with Crippen LogP contribution >= 0.6 is 11.6 Å². The lowest BCUT2D eigenvalue weighted by Crippen LogP contribution is -2.61. The Bertz CT molecular complexity index is 1450. The lowest BCUT2D eigenvalue weighted by atomic mass is 9.76. The van der Waals surface area contributed by atoms with Gasteiger partial charge in [-0.05, 0) is 55.1 Å². The van der Waals surface area contributed by atoms with Crippen LogP contribution in [0.3, 0.4) is 0 Å². The predicted molar refractivity (Wildman–Crippen MR) is 176 cm³/mol. The van der Waals surface area contributed by atoms with Crippen LogP contribution in [0.15, 0.2) is 71.1 Å². The Morgan fingerprint density at radius 1 is 0.909 bits per heavy atom. The molecule has 0 saturated heterocycles. The van der Waals surface area contributed by atoms with Crippen LogP contribution < -0.4 is 15.4 Å². The number of amides is 3. The first-order chi connectivity index (χ1) is 20.2. The highest BCUT2D eigenvalue weighted by atomic mass is 35.5. The summed E-state index contributed by atoms with van der Waals surface area (Å²) in [7, 11) is -0.800. The molecule has 2 aromatic rings. The second-order valence-corrected chi connectivity index (χ2v) is 15.2. The Kier molecular flexibility index (Phi) is 12.4. The van der Waals surface area contributed by atoms with Crippen molar-refractivity contribution in [3.8, 4) is 0 Å². The summed E-state index contributed by atoms with van der Waals surface area (Å²) in [5.41, 5.74) is -0.142. The van der Waals surface area contributed by atoms with Gasteiger partial charge in [0.15, 0.2) is 0 Å². The fraction of sp³-hybridized carbons (Fsp3) is 0.485. The van der Waals surface area contributed by atoms with E-state index in [4.69, 9.17) is 11.6 Å². The molecule has 0 saturated carbocycles. The van der Waals surface area contributed by atoms with Gasteiger partial charge in [-0.25, -0.2) is 13.1 Å². The first kappa shape index (κ1) is 37.0. The van der Waals surface area contributed by atoms with Crippen molar-refractivity contribution >= 4 is 39.3 Å². The molecular weight excluding hydrogens is 600 g/mol. The van der Waals surface area contributed by atoms with E-state index in [0.29, 0.717) is 5.02 Å². The average molecular weight is 647 g/mol. The van der Waals surface area contributed by atoms with Gasteiger partial charge in [-0.1, -0.05) is 96.5 Å². The quantitative estimate of drug-likeness (QED) is 0.288. The second-order valence-electron chi connectivity index (χ2n) is 13.0. The third-order valence-electron chi connectivity index (χ3n) is 7.80. The number of rotatable bonds is 12. The highest BCUT2D eigenvalue weighted by Gasteiger charge is 2.41. The standard InChI is InChI=1S/C33H47ClN4O5S/c1-21(2)26(20-22(3)29(39)37-44(42,43)25-18-16-24(34)17-19-25)38(10)31(41)28(32(4,5)6)36-30(40)27(35-9)33(7,8)23-14-12-11-13-15-23/h11-21,26-28,35H,1-10H3,(H,36,40)(H,37,39). The largest absolute Gasteiger partial charge is 0.342 e. The predicted octanol–water partition coefficient (Wildman–Crippen LogP) is 4.67. The third-order valence-corrected chi connectivity index (χ3v) is 9.40. The lowest BCUT2D eigenvalue weighted by Gasteiger charge is -2.40. The van der Waals surface area contributed by atoms with Gasteiger partial charge < -0.3 is 15.5 Å². The molecular formula is C33H47ClN4O5S. The molecule has 0 aliphatic rings. The van der Waals surface area contributed by atoms with Crippen LogP contribution in [-0.4, -0.2) is 63.3 Å². The van der Waals surface area contributed by atoms with Gasteiger partial charge in [0.1, 0.15) is 6.04 Å². The van der Waals surface area contributed by atoms with Gasteiger partial charge in [0.2, 0.25) is 11.8 Å². The van der Waals surface area contributed by atoms with Crippen molar-refractivity contribution in [1.29, 1.82) is 0 Å². The Balaban J connectivity index is 2.33. The molecule has 3 amide bonds. The number of hydrogen-bond acceptors (Lipinski definition) is 6. The Morgan fingerprint density at radius 3 is 1.93 bits per heavy atom. The zero-order valence-corrected chi connectivity index (χ0v) is 28.9. The number of likely N-dealkylation sites (N-methyl/N-ethyl adjacent to an activating group) is 2. The molecule has 0 spiro atoms. The van der Waals surface area contributed by atoms with Gasteiger partial charge in [0, 0.05) is 23.1 Å². The molecule has 0 heterocycles. The fourth-order valence-electron chi connectivity index (χ4n) is 5.04. The second kappa shape index (κ2) is 14.7. The van der Waals surface area contributed by atoms with Crippen molar-refractivity contribution in [2.75, 3.05) is 14.1 Å². The summed E-state index contributed by atoms with van der Waals surface area (Å²) in [6.07, 6.45) is 1.58. The van der Waals surface area contributed by atoms with E-state index in [9.17, 15) is 22.8 Å². The Labute approximate surface area is 267 Å². The van der Waals surface area contributed by atoms with E-state index in [0.717, 1.165) is 5.56 Å². The summed E-state index contributed by atoms with van der Waals surface area (Å²) in [6, 6.07) is 13.1. The summed E-state index contributed by atoms with van der Waals surface area (Å²) in [5.74, 6) is -1.61. The number of benzene rings is 2. The van der Waals surface area contributed by atoms with E-state index in [1.165, 1.54) is 36.1 Å². The van der Waals surface area contributed by atoms with Crippen LogP contribution in [0, 0.1) is 11.3 Å². The van der Waals surface area contributed by atoms with E-state index in [1.54, 1.807) is 20.2 Å². The molecule has 2 rings (SSSR count). The lowest BCUT2D eigenvalue weighted by molar-refractivity contribution is -0.140. The molecule has 11 heteroatoms. The Morgan fingerprint density at radius 2 is 1.45 bits per heavy atom. The third kappa shape index (κ3) is 9.15. The maximum absolute atomic E-state index is 14.0. The highest BCUT2D eigenvalue weighted by Crippen LogP contribution is 2.29. The number of sulfonamides is 1. The van der Waals surface area contributed by atoms with E-state index in [-0.39, 0.29) is 28.2 Å². The van der Waals surface area contributed by atoms with Crippen molar-refractivity contribution in [2.45, 2.75) is 83.8 Å². The number of carbonyl (C=O) groups is 3. The van der Waals surface area contributed by atoms with Crippen molar-refractivity contribution in [3.05, 3.63) is 76.8 Å². The van der Waals surface area contributed by atoms with Crippen molar-refractivity contribution in [2.24, 2.45) is 11.3 Å². The minimum Gasteiger partial charge on any atom is -0.342 e. The summed E-state index contributed by atoms with van der Waals surface area (Å²) in [4.78, 5) is 42.1. The van der Waals surface area contributed by atoms with Crippen LogP contribution in [0.25, 0.3) is 0 Å². The zero-order valence-electron chi connectivity index (χ0n) is 27.4. The number of carbonyl (C=O) groups excluding carboxylic acids is 3. The summed E-state index contributed by atoms with van der Waals surface area (Å²) >= 11 is 5.86. The first-order valence-corrected chi connectivity index (χ1v) is 16.4. The maximum Gasteiger partial charge on any atom is 0.264 e.